The van der Waals surface area contributed by atoms with E-state index in [1.807, 2.05) is 65.3 Å². The average molecular weight is 266 g/mol. The fraction of sp³-hybridized carbons (Fsp3) is 0.125. The summed E-state index contributed by atoms with van der Waals surface area (Å²) in [5.74, 6) is -1.39. The molecule has 2 heterocycles. The molecule has 0 aliphatic rings. The predicted molar refractivity (Wildman–Crippen MR) is 75.7 cm³/mol. The number of fused-ring (bicyclic) bond motifs is 1. The molecular weight excluding hydrogens is 252 g/mol. The Kier molecular flexibility index (Phi) is 3.21. The van der Waals surface area contributed by atoms with Crippen LogP contribution < -0.4 is 0 Å². The van der Waals surface area contributed by atoms with Gasteiger partial charge in [0.25, 0.3) is 0 Å². The van der Waals surface area contributed by atoms with Crippen LogP contribution in [0.15, 0.2) is 60.9 Å². The smallest absolute Gasteiger partial charge is 0.311 e. The number of pyridine rings is 1. The molecular formula is C16H14N2O2. The first-order valence-corrected chi connectivity index (χ1v) is 6.44. The molecule has 4 nitrogen and oxygen atoms in total. The van der Waals surface area contributed by atoms with Crippen molar-refractivity contribution in [2.24, 2.45) is 0 Å². The van der Waals surface area contributed by atoms with Gasteiger partial charge in [-0.1, -0.05) is 36.4 Å². The molecule has 4 heteroatoms. The van der Waals surface area contributed by atoms with Gasteiger partial charge in [0, 0.05) is 18.8 Å². The third-order valence-electron chi connectivity index (χ3n) is 3.33. The van der Waals surface area contributed by atoms with Crippen LogP contribution in [0.2, 0.25) is 0 Å². The second-order valence-electron chi connectivity index (χ2n) is 4.70. The molecule has 1 atom stereocenters. The maximum Gasteiger partial charge on any atom is 0.311 e. The minimum atomic E-state index is -0.826. The number of carboxylic acid groups (broad SMARTS) is 1. The highest BCUT2D eigenvalue weighted by Gasteiger charge is 2.21. The van der Waals surface area contributed by atoms with Gasteiger partial charge in [0.05, 0.1) is 11.6 Å². The topological polar surface area (TPSA) is 54.6 Å². The molecule has 1 aromatic carbocycles. The largest absolute Gasteiger partial charge is 0.481 e. The lowest BCUT2D eigenvalue weighted by molar-refractivity contribution is -0.138. The van der Waals surface area contributed by atoms with Gasteiger partial charge in [-0.05, 0) is 17.7 Å². The fourth-order valence-electron chi connectivity index (χ4n) is 2.33. The maximum atomic E-state index is 11.5. The van der Waals surface area contributed by atoms with Crippen molar-refractivity contribution in [3.63, 3.8) is 0 Å². The molecule has 20 heavy (non-hydrogen) atoms. The van der Waals surface area contributed by atoms with Gasteiger partial charge in [0.1, 0.15) is 5.65 Å². The van der Waals surface area contributed by atoms with Crippen molar-refractivity contribution in [3.05, 3.63) is 72.2 Å². The molecule has 0 aliphatic heterocycles. The highest BCUT2D eigenvalue weighted by molar-refractivity contribution is 5.76. The summed E-state index contributed by atoms with van der Waals surface area (Å²) >= 11 is 0. The monoisotopic (exact) mass is 266 g/mol. The van der Waals surface area contributed by atoms with E-state index in [-0.39, 0.29) is 0 Å². The van der Waals surface area contributed by atoms with Gasteiger partial charge in [-0.3, -0.25) is 4.79 Å². The molecule has 0 bridgehead atoms. The Morgan fingerprint density at radius 1 is 1.15 bits per heavy atom. The summed E-state index contributed by atoms with van der Waals surface area (Å²) in [6.07, 6.45) is 4.18. The average Bonchev–Trinajstić information content (AvgIpc) is 2.88. The van der Waals surface area contributed by atoms with Crippen molar-refractivity contribution < 1.29 is 9.90 Å². The number of aromatic nitrogens is 2. The molecule has 3 rings (SSSR count). The Labute approximate surface area is 116 Å². The highest BCUT2D eigenvalue weighted by atomic mass is 16.4. The van der Waals surface area contributed by atoms with Crippen LogP contribution in [-0.2, 0) is 11.2 Å². The van der Waals surface area contributed by atoms with E-state index in [1.165, 1.54) is 0 Å². The Morgan fingerprint density at radius 2 is 1.90 bits per heavy atom. The first-order chi connectivity index (χ1) is 9.74. The lowest BCUT2D eigenvalue weighted by Gasteiger charge is -2.10. The van der Waals surface area contributed by atoms with Gasteiger partial charge in [0.15, 0.2) is 0 Å². The lowest BCUT2D eigenvalue weighted by atomic mass is 9.95. The van der Waals surface area contributed by atoms with E-state index >= 15 is 0 Å². The highest BCUT2D eigenvalue weighted by Crippen LogP contribution is 2.21. The predicted octanol–water partition coefficient (Wildman–Crippen LogP) is 2.75. The zero-order chi connectivity index (χ0) is 13.9. The van der Waals surface area contributed by atoms with Crippen LogP contribution in [0.25, 0.3) is 5.65 Å². The lowest BCUT2D eigenvalue weighted by Crippen LogP contribution is -2.14. The second-order valence-corrected chi connectivity index (χ2v) is 4.70. The number of nitrogens with zero attached hydrogens (tertiary/aromatic N) is 2. The summed E-state index contributed by atoms with van der Waals surface area (Å²) in [5, 5.41) is 9.43. The van der Waals surface area contributed by atoms with E-state index in [0.717, 1.165) is 16.9 Å². The van der Waals surface area contributed by atoms with Gasteiger partial charge in [-0.2, -0.15) is 0 Å². The number of carbonyl (C=O) groups is 1. The zero-order valence-corrected chi connectivity index (χ0v) is 10.8. The zero-order valence-electron chi connectivity index (χ0n) is 10.8. The molecule has 1 N–H and O–H groups in total. The molecule has 0 saturated heterocycles. The van der Waals surface area contributed by atoms with E-state index in [2.05, 4.69) is 4.98 Å². The first kappa shape index (κ1) is 12.4. The third kappa shape index (κ3) is 2.40. The van der Waals surface area contributed by atoms with Crippen molar-refractivity contribution in [1.29, 1.82) is 0 Å². The van der Waals surface area contributed by atoms with Gasteiger partial charge in [0.2, 0.25) is 0 Å². The summed E-state index contributed by atoms with van der Waals surface area (Å²) in [6.45, 7) is 0. The molecule has 0 spiro atoms. The molecule has 2 aromatic heterocycles. The van der Waals surface area contributed by atoms with Crippen molar-refractivity contribution in [1.82, 2.24) is 9.38 Å². The van der Waals surface area contributed by atoms with Crippen molar-refractivity contribution in [3.8, 4) is 0 Å². The Hall–Kier alpha value is -2.62. The third-order valence-corrected chi connectivity index (χ3v) is 3.33. The summed E-state index contributed by atoms with van der Waals surface area (Å²) in [6, 6.07) is 15.0. The van der Waals surface area contributed by atoms with Crippen LogP contribution in [0, 0.1) is 0 Å². The number of carboxylic acids is 1. The van der Waals surface area contributed by atoms with E-state index in [4.69, 9.17) is 0 Å². The van der Waals surface area contributed by atoms with Crippen LogP contribution in [0.4, 0.5) is 0 Å². The normalized spacial score (nSPS) is 12.4. The summed E-state index contributed by atoms with van der Waals surface area (Å²) in [7, 11) is 0. The molecule has 0 amide bonds. The Bertz CT molecular complexity index is 701. The minimum Gasteiger partial charge on any atom is -0.481 e. The first-order valence-electron chi connectivity index (χ1n) is 6.44. The van der Waals surface area contributed by atoms with Crippen LogP contribution in [0.5, 0.6) is 0 Å². The van der Waals surface area contributed by atoms with Crippen molar-refractivity contribution in [2.75, 3.05) is 0 Å². The number of hydrogen-bond donors (Lipinski definition) is 1. The number of benzene rings is 1. The van der Waals surface area contributed by atoms with Gasteiger partial charge in [-0.25, -0.2) is 4.98 Å². The van der Waals surface area contributed by atoms with E-state index < -0.39 is 11.9 Å². The van der Waals surface area contributed by atoms with Crippen LogP contribution in [0.3, 0.4) is 0 Å². The Balaban J connectivity index is 1.92. The van der Waals surface area contributed by atoms with Crippen LogP contribution in [0.1, 0.15) is 17.2 Å². The number of hydrogen-bond acceptors (Lipinski definition) is 2. The van der Waals surface area contributed by atoms with Crippen molar-refractivity contribution in [2.45, 2.75) is 12.3 Å². The minimum absolute atomic E-state index is 0.390. The van der Waals surface area contributed by atoms with E-state index in [1.54, 1.807) is 0 Å². The molecule has 0 radical (unpaired) electrons. The maximum absolute atomic E-state index is 11.5. The molecule has 3 aromatic rings. The quantitative estimate of drug-likeness (QED) is 0.790. The number of rotatable bonds is 4. The number of imidazole rings is 1. The van der Waals surface area contributed by atoms with E-state index in [9.17, 15) is 9.90 Å². The van der Waals surface area contributed by atoms with Crippen LogP contribution >= 0.6 is 0 Å². The summed E-state index contributed by atoms with van der Waals surface area (Å²) in [4.78, 5) is 15.9. The molecule has 1 unspecified atom stereocenters. The van der Waals surface area contributed by atoms with Gasteiger partial charge in [-0.15, -0.1) is 0 Å². The standard InChI is InChI=1S/C16H14N2O2/c19-16(20)14(12-6-2-1-3-7-12)10-13-11-18-9-5-4-8-15(18)17-13/h1-9,11,14H,10H2,(H,19,20). The molecule has 0 saturated carbocycles. The van der Waals surface area contributed by atoms with Gasteiger partial charge >= 0.3 is 5.97 Å². The van der Waals surface area contributed by atoms with Crippen LogP contribution in [-0.4, -0.2) is 20.5 Å². The second kappa shape index (κ2) is 5.17. The van der Waals surface area contributed by atoms with E-state index in [0.29, 0.717) is 6.42 Å². The Morgan fingerprint density at radius 3 is 2.60 bits per heavy atom. The number of aliphatic carboxylic acids is 1. The summed E-state index contributed by atoms with van der Waals surface area (Å²) < 4.78 is 1.90. The SMILES string of the molecule is O=C(O)C(Cc1cn2ccccc2n1)c1ccccc1. The van der Waals surface area contributed by atoms with Crippen molar-refractivity contribution >= 4 is 11.6 Å². The summed E-state index contributed by atoms with van der Waals surface area (Å²) in [5.41, 5.74) is 2.42. The molecule has 0 fully saturated rings. The van der Waals surface area contributed by atoms with Gasteiger partial charge < -0.3 is 9.51 Å². The molecule has 0 aliphatic carbocycles. The molecule has 100 valence electrons. The fourth-order valence-corrected chi connectivity index (χ4v) is 2.33.